The van der Waals surface area contributed by atoms with Crippen molar-refractivity contribution < 1.29 is 9.78 Å². The van der Waals surface area contributed by atoms with Crippen LogP contribution in [0.5, 0.6) is 0 Å². The molecule has 0 N–H and O–H groups in total. The Morgan fingerprint density at radius 1 is 1.00 bits per heavy atom. The summed E-state index contributed by atoms with van der Waals surface area (Å²) in [6.45, 7) is 15.7. The Balaban J connectivity index is 3.66. The molecular formula is C13H28O2. The zero-order valence-electron chi connectivity index (χ0n) is 11.5. The third-order valence-corrected chi connectivity index (χ3v) is 2.13. The van der Waals surface area contributed by atoms with Gasteiger partial charge in [-0.15, -0.1) is 0 Å². The molecule has 15 heavy (non-hydrogen) atoms. The van der Waals surface area contributed by atoms with Crippen LogP contribution in [-0.4, -0.2) is 12.2 Å². The summed E-state index contributed by atoms with van der Waals surface area (Å²) in [7, 11) is 0. The summed E-state index contributed by atoms with van der Waals surface area (Å²) in [4.78, 5) is 10.4. The molecule has 0 fully saturated rings. The van der Waals surface area contributed by atoms with Crippen molar-refractivity contribution in [3.05, 3.63) is 0 Å². The van der Waals surface area contributed by atoms with Crippen LogP contribution in [0.4, 0.5) is 0 Å². The van der Waals surface area contributed by atoms with Crippen LogP contribution in [0.2, 0.25) is 0 Å². The lowest BCUT2D eigenvalue weighted by molar-refractivity contribution is -0.350. The smallest absolute Gasteiger partial charge is 0.0952 e. The van der Waals surface area contributed by atoms with Crippen molar-refractivity contribution >= 4 is 0 Å². The van der Waals surface area contributed by atoms with E-state index in [-0.39, 0.29) is 5.60 Å². The molecule has 0 atom stereocenters. The van der Waals surface area contributed by atoms with Crippen LogP contribution in [0, 0.1) is 11.3 Å². The highest BCUT2D eigenvalue weighted by Gasteiger charge is 2.20. The summed E-state index contributed by atoms with van der Waals surface area (Å²) in [5.41, 5.74) is 0.137. The highest BCUT2D eigenvalue weighted by molar-refractivity contribution is 4.69. The fraction of sp³-hybridized carbons (Fsp3) is 1.00. The molecule has 0 heterocycles. The molecule has 0 bridgehead atoms. The van der Waals surface area contributed by atoms with Crippen LogP contribution in [0.25, 0.3) is 0 Å². The quantitative estimate of drug-likeness (QED) is 0.376. The van der Waals surface area contributed by atoms with Gasteiger partial charge in [0.1, 0.15) is 0 Å². The van der Waals surface area contributed by atoms with Crippen molar-refractivity contribution in [3.63, 3.8) is 0 Å². The molecule has 0 amide bonds. The van der Waals surface area contributed by atoms with Crippen LogP contribution < -0.4 is 0 Å². The average Bonchev–Trinajstić information content (AvgIpc) is 1.93. The lowest BCUT2D eigenvalue weighted by Crippen LogP contribution is -2.22. The Kier molecular flexibility index (Phi) is 5.82. The molecule has 2 heteroatoms. The number of rotatable bonds is 6. The highest BCUT2D eigenvalue weighted by Crippen LogP contribution is 2.29. The Labute approximate surface area is 95.3 Å². The third kappa shape index (κ3) is 10.2. The van der Waals surface area contributed by atoms with E-state index in [1.54, 1.807) is 0 Å². The van der Waals surface area contributed by atoms with Crippen molar-refractivity contribution in [2.45, 2.75) is 66.9 Å². The lowest BCUT2D eigenvalue weighted by atomic mass is 9.81. The van der Waals surface area contributed by atoms with E-state index < -0.39 is 0 Å². The van der Waals surface area contributed by atoms with Gasteiger partial charge >= 0.3 is 0 Å². The fourth-order valence-electron chi connectivity index (χ4n) is 1.74. The molecular weight excluding hydrogens is 188 g/mol. The molecule has 0 aliphatic heterocycles. The largest absolute Gasteiger partial charge is 0.236 e. The van der Waals surface area contributed by atoms with Gasteiger partial charge in [-0.2, -0.15) is 0 Å². The van der Waals surface area contributed by atoms with Gasteiger partial charge in [-0.25, -0.2) is 9.78 Å². The van der Waals surface area contributed by atoms with E-state index in [0.717, 1.165) is 12.3 Å². The van der Waals surface area contributed by atoms with Gasteiger partial charge in [-0.3, -0.25) is 0 Å². The summed E-state index contributed by atoms with van der Waals surface area (Å²) in [5.74, 6) is 0.739. The molecule has 0 rings (SSSR count). The van der Waals surface area contributed by atoms with Gasteiger partial charge < -0.3 is 0 Å². The highest BCUT2D eigenvalue weighted by atomic mass is 17.2. The normalized spacial score (nSPS) is 13.6. The van der Waals surface area contributed by atoms with E-state index in [4.69, 9.17) is 9.78 Å². The summed E-state index contributed by atoms with van der Waals surface area (Å²) < 4.78 is 0. The molecule has 0 aliphatic carbocycles. The number of hydrogen-bond donors (Lipinski definition) is 0. The van der Waals surface area contributed by atoms with E-state index >= 15 is 0 Å². The molecule has 0 aromatic carbocycles. The first-order valence-electron chi connectivity index (χ1n) is 5.93. The molecule has 2 nitrogen and oxygen atoms in total. The molecule has 0 aliphatic rings. The monoisotopic (exact) mass is 216 g/mol. The molecule has 0 saturated carbocycles. The van der Waals surface area contributed by atoms with Gasteiger partial charge in [-0.1, -0.05) is 27.7 Å². The molecule has 0 aromatic rings. The minimum absolute atomic E-state index is 0.206. The number of hydrogen-bond acceptors (Lipinski definition) is 2. The molecule has 0 saturated heterocycles. The van der Waals surface area contributed by atoms with E-state index in [9.17, 15) is 0 Å². The van der Waals surface area contributed by atoms with Crippen LogP contribution in [0.15, 0.2) is 0 Å². The summed E-state index contributed by atoms with van der Waals surface area (Å²) >= 11 is 0. The Morgan fingerprint density at radius 2 is 1.53 bits per heavy atom. The summed E-state index contributed by atoms with van der Waals surface area (Å²) in [6.07, 6.45) is 2.27. The van der Waals surface area contributed by atoms with Crippen LogP contribution in [0.1, 0.15) is 61.3 Å². The van der Waals surface area contributed by atoms with E-state index in [0.29, 0.717) is 12.0 Å². The topological polar surface area (TPSA) is 18.5 Å². The Morgan fingerprint density at radius 3 is 1.93 bits per heavy atom. The maximum absolute atomic E-state index is 5.23. The first-order valence-corrected chi connectivity index (χ1v) is 5.93. The fourth-order valence-corrected chi connectivity index (χ4v) is 1.74. The van der Waals surface area contributed by atoms with Gasteiger partial charge in [0, 0.05) is 0 Å². The van der Waals surface area contributed by atoms with E-state index in [1.165, 1.54) is 6.42 Å². The molecule has 92 valence electrons. The average molecular weight is 216 g/mol. The Bertz CT molecular complexity index is 166. The van der Waals surface area contributed by atoms with Crippen molar-refractivity contribution in [2.75, 3.05) is 6.61 Å². The lowest BCUT2D eigenvalue weighted by Gasteiger charge is -2.27. The van der Waals surface area contributed by atoms with Gasteiger partial charge in [0.25, 0.3) is 0 Å². The van der Waals surface area contributed by atoms with Crippen LogP contribution in [-0.2, 0) is 9.78 Å². The first-order chi connectivity index (χ1) is 6.62. The van der Waals surface area contributed by atoms with Crippen molar-refractivity contribution in [2.24, 2.45) is 11.3 Å². The minimum Gasteiger partial charge on any atom is -0.236 e. The molecule has 0 radical (unpaired) electrons. The zero-order chi connectivity index (χ0) is 12.1. The molecule has 0 spiro atoms. The van der Waals surface area contributed by atoms with E-state index in [2.05, 4.69) is 27.7 Å². The van der Waals surface area contributed by atoms with Crippen molar-refractivity contribution in [1.29, 1.82) is 0 Å². The molecule has 0 unspecified atom stereocenters. The van der Waals surface area contributed by atoms with Gasteiger partial charge in [0.2, 0.25) is 0 Å². The van der Waals surface area contributed by atoms with Gasteiger partial charge in [0.15, 0.2) is 0 Å². The van der Waals surface area contributed by atoms with Crippen molar-refractivity contribution in [1.82, 2.24) is 0 Å². The third-order valence-electron chi connectivity index (χ3n) is 2.13. The standard InChI is InChI=1S/C13H28O2/c1-11(2)10-13(6,7)8-9-14-15-12(3,4)5/h11H,8-10H2,1-7H3. The summed E-state index contributed by atoms with van der Waals surface area (Å²) in [6, 6.07) is 0. The maximum Gasteiger partial charge on any atom is 0.0952 e. The van der Waals surface area contributed by atoms with Crippen LogP contribution in [0.3, 0.4) is 0 Å². The SMILES string of the molecule is CC(C)CC(C)(C)CCOOC(C)(C)C. The molecule has 0 aromatic heterocycles. The van der Waals surface area contributed by atoms with Crippen molar-refractivity contribution in [3.8, 4) is 0 Å². The predicted octanol–water partition coefficient (Wildman–Crippen LogP) is 4.20. The Hall–Kier alpha value is -0.0800. The predicted molar refractivity (Wildman–Crippen MR) is 64.6 cm³/mol. The summed E-state index contributed by atoms with van der Waals surface area (Å²) in [5, 5.41) is 0. The van der Waals surface area contributed by atoms with Gasteiger partial charge in [0.05, 0.1) is 12.2 Å². The maximum atomic E-state index is 5.23. The first kappa shape index (κ1) is 14.9. The second-order valence-electron chi connectivity index (χ2n) is 6.53. The van der Waals surface area contributed by atoms with Gasteiger partial charge in [-0.05, 0) is 44.9 Å². The van der Waals surface area contributed by atoms with Crippen LogP contribution >= 0.6 is 0 Å². The van der Waals surface area contributed by atoms with E-state index in [1.807, 2.05) is 20.8 Å². The second-order valence-corrected chi connectivity index (χ2v) is 6.53. The second kappa shape index (κ2) is 5.86. The zero-order valence-corrected chi connectivity index (χ0v) is 11.5. The minimum atomic E-state index is -0.206.